The summed E-state index contributed by atoms with van der Waals surface area (Å²) < 4.78 is 5.75. The average Bonchev–Trinajstić information content (AvgIpc) is 3.35. The van der Waals surface area contributed by atoms with Gasteiger partial charge >= 0.3 is 0 Å². The molecule has 3 atom stereocenters. The van der Waals surface area contributed by atoms with Gasteiger partial charge in [0.25, 0.3) is 0 Å². The van der Waals surface area contributed by atoms with E-state index in [1.165, 1.54) is 36.0 Å². The summed E-state index contributed by atoms with van der Waals surface area (Å²) >= 11 is 0. The van der Waals surface area contributed by atoms with Gasteiger partial charge in [0.15, 0.2) is 0 Å². The zero-order chi connectivity index (χ0) is 29.1. The molecule has 2 aromatic carbocycles. The number of fused-ring (bicyclic) bond motifs is 4. The highest BCUT2D eigenvalue weighted by Crippen LogP contribution is 2.38. The number of aromatic amines is 1. The lowest BCUT2D eigenvalue weighted by Crippen LogP contribution is -2.66. The molecule has 1 aliphatic carbocycles. The second-order valence-corrected chi connectivity index (χ2v) is 13.1. The van der Waals surface area contributed by atoms with Crippen LogP contribution in [0.1, 0.15) is 49.8 Å². The molecule has 2 unspecified atom stereocenters. The van der Waals surface area contributed by atoms with Gasteiger partial charge in [-0.05, 0) is 80.3 Å². The van der Waals surface area contributed by atoms with Crippen molar-refractivity contribution in [2.75, 3.05) is 13.2 Å². The van der Waals surface area contributed by atoms with Gasteiger partial charge in [0.05, 0.1) is 24.5 Å². The number of aliphatic hydroxyl groups is 1. The molecule has 2 aliphatic heterocycles. The van der Waals surface area contributed by atoms with Gasteiger partial charge in [-0.1, -0.05) is 48.5 Å². The molecule has 3 aliphatic rings. The van der Waals surface area contributed by atoms with Gasteiger partial charge in [0.1, 0.15) is 5.65 Å². The Kier molecular flexibility index (Phi) is 6.48. The lowest BCUT2D eigenvalue weighted by molar-refractivity contribution is -0.148. The number of benzene rings is 2. The fourth-order valence-electron chi connectivity index (χ4n) is 7.67. The predicted molar refractivity (Wildman–Crippen MR) is 171 cm³/mol. The van der Waals surface area contributed by atoms with Crippen molar-refractivity contribution in [1.82, 2.24) is 19.9 Å². The molecule has 43 heavy (non-hydrogen) atoms. The van der Waals surface area contributed by atoms with Gasteiger partial charge in [-0.3, -0.25) is 9.88 Å². The molecule has 8 rings (SSSR count). The average molecular weight is 571 g/mol. The topological polar surface area (TPSA) is 74.3 Å². The molecule has 0 saturated carbocycles. The van der Waals surface area contributed by atoms with Gasteiger partial charge in [0.2, 0.25) is 0 Å². The van der Waals surface area contributed by atoms with Crippen LogP contribution in [0.25, 0.3) is 44.5 Å². The number of rotatable bonds is 5. The molecule has 0 spiro atoms. The minimum absolute atomic E-state index is 0.644. The first-order valence-corrected chi connectivity index (χ1v) is 15.7. The molecule has 0 amide bonds. The summed E-state index contributed by atoms with van der Waals surface area (Å²) in [5.41, 5.74) is 10.1. The maximum atomic E-state index is 10.7. The summed E-state index contributed by atoms with van der Waals surface area (Å²) in [6.45, 7) is 5.43. The number of H-pyrrole nitrogens is 1. The number of hydrogen-bond donors (Lipinski definition) is 2. The minimum Gasteiger partial charge on any atom is -0.386 e. The zero-order valence-corrected chi connectivity index (χ0v) is 24.9. The van der Waals surface area contributed by atoms with Gasteiger partial charge in [0, 0.05) is 64.4 Å². The van der Waals surface area contributed by atoms with E-state index in [2.05, 4.69) is 63.4 Å². The maximum absolute atomic E-state index is 10.7. The highest BCUT2D eigenvalue weighted by atomic mass is 16.5. The number of hydrogen-bond acceptors (Lipinski definition) is 5. The van der Waals surface area contributed by atoms with Crippen LogP contribution in [0.2, 0.25) is 0 Å². The lowest BCUT2D eigenvalue weighted by atomic mass is 9.87. The van der Waals surface area contributed by atoms with E-state index in [1.807, 2.05) is 24.5 Å². The third kappa shape index (κ3) is 4.78. The SMILES string of the molecule is CC(C)(O)c1cccnc1-c1ccc(-c2c[nH]c3ncc(-c4ccc5c(c4)CC[C@@H](N4C6COCC4C6)CC5)cc23)cc1. The van der Waals surface area contributed by atoms with Crippen LogP contribution in [0.3, 0.4) is 0 Å². The van der Waals surface area contributed by atoms with Crippen LogP contribution in [0.4, 0.5) is 0 Å². The maximum Gasteiger partial charge on any atom is 0.137 e. The summed E-state index contributed by atoms with van der Waals surface area (Å²) in [6, 6.07) is 23.5. The molecule has 6 heteroatoms. The number of ether oxygens (including phenoxy) is 1. The number of morpholine rings is 1. The van der Waals surface area contributed by atoms with Crippen LogP contribution in [0.5, 0.6) is 0 Å². The Morgan fingerprint density at radius 3 is 2.35 bits per heavy atom. The monoisotopic (exact) mass is 570 g/mol. The van der Waals surface area contributed by atoms with Crippen molar-refractivity contribution in [1.29, 1.82) is 0 Å². The number of nitrogens with zero attached hydrogens (tertiary/aromatic N) is 3. The zero-order valence-electron chi connectivity index (χ0n) is 24.9. The van der Waals surface area contributed by atoms with Crippen molar-refractivity contribution in [3.05, 3.63) is 95.9 Å². The van der Waals surface area contributed by atoms with E-state index >= 15 is 0 Å². The van der Waals surface area contributed by atoms with Gasteiger partial charge < -0.3 is 14.8 Å². The molecule has 2 saturated heterocycles. The largest absolute Gasteiger partial charge is 0.386 e. The Bertz CT molecular complexity index is 1790. The second kappa shape index (κ2) is 10.4. The number of pyridine rings is 2. The number of aryl methyl sites for hydroxylation is 2. The molecule has 0 radical (unpaired) electrons. The van der Waals surface area contributed by atoms with E-state index in [0.717, 1.165) is 70.6 Å². The van der Waals surface area contributed by atoms with Crippen molar-refractivity contribution in [3.63, 3.8) is 0 Å². The van der Waals surface area contributed by atoms with Gasteiger partial charge in [-0.2, -0.15) is 0 Å². The molecular weight excluding hydrogens is 532 g/mol. The summed E-state index contributed by atoms with van der Waals surface area (Å²) in [6.07, 6.45) is 11.9. The summed E-state index contributed by atoms with van der Waals surface area (Å²) in [5, 5.41) is 11.8. The van der Waals surface area contributed by atoms with E-state index in [4.69, 9.17) is 9.72 Å². The van der Waals surface area contributed by atoms with Crippen LogP contribution in [0.15, 0.2) is 79.3 Å². The van der Waals surface area contributed by atoms with Crippen LogP contribution in [-0.2, 0) is 23.2 Å². The quantitative estimate of drug-likeness (QED) is 0.225. The molecular formula is C37H38N4O2. The Hall–Kier alpha value is -3.84. The highest BCUT2D eigenvalue weighted by Gasteiger charge is 2.45. The van der Waals surface area contributed by atoms with Gasteiger partial charge in [-0.15, -0.1) is 0 Å². The molecule has 5 aromatic rings. The van der Waals surface area contributed by atoms with Crippen LogP contribution < -0.4 is 0 Å². The minimum atomic E-state index is -0.970. The molecule has 5 heterocycles. The van der Waals surface area contributed by atoms with Crippen molar-refractivity contribution in [2.24, 2.45) is 0 Å². The highest BCUT2D eigenvalue weighted by molar-refractivity contribution is 5.96. The third-order valence-corrected chi connectivity index (χ3v) is 9.93. The van der Waals surface area contributed by atoms with Crippen LogP contribution in [0, 0.1) is 0 Å². The first-order chi connectivity index (χ1) is 20.9. The van der Waals surface area contributed by atoms with Crippen molar-refractivity contribution < 1.29 is 9.84 Å². The van der Waals surface area contributed by atoms with E-state index in [9.17, 15) is 5.11 Å². The second-order valence-electron chi connectivity index (χ2n) is 13.1. The van der Waals surface area contributed by atoms with E-state index < -0.39 is 5.60 Å². The molecule has 2 bridgehead atoms. The molecule has 2 fully saturated rings. The van der Waals surface area contributed by atoms with Crippen molar-refractivity contribution in [3.8, 4) is 33.5 Å². The molecule has 2 N–H and O–H groups in total. The Morgan fingerprint density at radius 1 is 0.837 bits per heavy atom. The smallest absolute Gasteiger partial charge is 0.137 e. The summed E-state index contributed by atoms with van der Waals surface area (Å²) in [5.74, 6) is 0. The normalized spacial score (nSPS) is 22.2. The summed E-state index contributed by atoms with van der Waals surface area (Å²) in [4.78, 5) is 15.5. The van der Waals surface area contributed by atoms with E-state index in [-0.39, 0.29) is 0 Å². The third-order valence-electron chi connectivity index (χ3n) is 9.93. The van der Waals surface area contributed by atoms with Gasteiger partial charge in [-0.25, -0.2) is 4.98 Å². The van der Waals surface area contributed by atoms with E-state index in [1.54, 1.807) is 20.0 Å². The number of nitrogens with one attached hydrogen (secondary N) is 1. The fourth-order valence-corrected chi connectivity index (χ4v) is 7.67. The number of aromatic nitrogens is 3. The summed E-state index contributed by atoms with van der Waals surface area (Å²) in [7, 11) is 0. The Morgan fingerprint density at radius 2 is 1.58 bits per heavy atom. The standard InChI is InChI=1S/C37H38N4O2/c1-37(2,42)34-4-3-15-38-35(34)25-8-6-24(7-9-25)33-20-40-36-32(33)17-28(19-39-36)27-10-5-23-11-13-29(14-12-26(23)16-27)41-30-18-31(41)22-43-21-30/h3-10,15-17,19-20,29-31,42H,11-14,18,21-22H2,1-2H3,(H,39,40)/t29-,30?,31?/m0/s1. The molecule has 6 nitrogen and oxygen atoms in total. The van der Waals surface area contributed by atoms with E-state index in [0.29, 0.717) is 18.1 Å². The first kappa shape index (κ1) is 26.8. The molecule has 3 aromatic heterocycles. The molecule has 218 valence electrons. The Labute approximate surface area is 252 Å². The first-order valence-electron chi connectivity index (χ1n) is 15.7. The Balaban J connectivity index is 1.06. The van der Waals surface area contributed by atoms with Crippen LogP contribution >= 0.6 is 0 Å². The van der Waals surface area contributed by atoms with Crippen molar-refractivity contribution >= 4 is 11.0 Å². The lowest BCUT2D eigenvalue weighted by Gasteiger charge is -2.56. The predicted octanol–water partition coefficient (Wildman–Crippen LogP) is 6.91. The fraction of sp³-hybridized carbons (Fsp3) is 0.351. The van der Waals surface area contributed by atoms with Crippen molar-refractivity contribution in [2.45, 2.75) is 69.7 Å². The van der Waals surface area contributed by atoms with Crippen LogP contribution in [-0.4, -0.2) is 56.3 Å².